The molecular weight excluding hydrogens is 438 g/mol. The van der Waals surface area contributed by atoms with E-state index in [1.54, 1.807) is 11.3 Å². The zero-order chi connectivity index (χ0) is 23.7. The fraction of sp³-hybridized carbons (Fsp3) is 0.241. The number of aryl methyl sites for hydroxylation is 2. The summed E-state index contributed by atoms with van der Waals surface area (Å²) in [7, 11) is 0. The van der Waals surface area contributed by atoms with Crippen LogP contribution in [0.2, 0.25) is 0 Å². The van der Waals surface area contributed by atoms with E-state index >= 15 is 0 Å². The summed E-state index contributed by atoms with van der Waals surface area (Å²) < 4.78 is 3.45. The molecule has 0 saturated heterocycles. The van der Waals surface area contributed by atoms with Crippen LogP contribution in [-0.4, -0.2) is 21.3 Å². The second-order valence-corrected chi connectivity index (χ2v) is 10.0. The van der Waals surface area contributed by atoms with E-state index in [0.717, 1.165) is 34.6 Å². The average molecular weight is 468 g/mol. The summed E-state index contributed by atoms with van der Waals surface area (Å²) in [5.74, 6) is 0.0832. The normalized spacial score (nSPS) is 12.3. The molecule has 1 amide bonds. The third kappa shape index (κ3) is 4.48. The molecule has 3 heterocycles. The van der Waals surface area contributed by atoms with Gasteiger partial charge < -0.3 is 9.72 Å². The van der Waals surface area contributed by atoms with Crippen molar-refractivity contribution in [3.05, 3.63) is 84.2 Å². The van der Waals surface area contributed by atoms with Crippen LogP contribution in [0.15, 0.2) is 72.9 Å². The molecule has 5 rings (SSSR count). The molecular formula is C29H29N3OS. The van der Waals surface area contributed by atoms with Crippen LogP contribution < -0.4 is 5.32 Å². The summed E-state index contributed by atoms with van der Waals surface area (Å²) in [6.07, 6.45) is 4.16. The summed E-state index contributed by atoms with van der Waals surface area (Å²) in [5, 5.41) is 4.35. The Hall–Kier alpha value is -3.44. The highest BCUT2D eigenvalue weighted by Crippen LogP contribution is 2.34. The number of hydrogen-bond donors (Lipinski definition) is 1. The van der Waals surface area contributed by atoms with E-state index in [2.05, 4.69) is 96.5 Å². The van der Waals surface area contributed by atoms with E-state index in [1.807, 2.05) is 6.92 Å². The molecule has 34 heavy (non-hydrogen) atoms. The van der Waals surface area contributed by atoms with Crippen LogP contribution in [0.25, 0.3) is 37.4 Å². The molecule has 0 aliphatic rings. The van der Waals surface area contributed by atoms with Gasteiger partial charge in [0, 0.05) is 39.4 Å². The molecule has 4 nitrogen and oxygen atoms in total. The zero-order valence-corrected chi connectivity index (χ0v) is 20.7. The first-order chi connectivity index (χ1) is 16.5. The Morgan fingerprint density at radius 3 is 2.59 bits per heavy atom. The van der Waals surface area contributed by atoms with Crippen LogP contribution in [-0.2, 0) is 11.2 Å². The number of nitrogens with one attached hydrogen (secondary N) is 1. The lowest BCUT2D eigenvalue weighted by Gasteiger charge is -2.12. The molecule has 0 saturated carbocycles. The maximum atomic E-state index is 12.6. The molecule has 1 unspecified atom stereocenters. The van der Waals surface area contributed by atoms with Gasteiger partial charge >= 0.3 is 0 Å². The van der Waals surface area contributed by atoms with Crippen molar-refractivity contribution in [1.29, 1.82) is 0 Å². The molecule has 1 atom stereocenters. The number of pyridine rings is 1. The first-order valence-electron chi connectivity index (χ1n) is 11.9. The minimum atomic E-state index is 0.0832. The Balaban J connectivity index is 1.57. The molecule has 0 aliphatic carbocycles. The van der Waals surface area contributed by atoms with Crippen molar-refractivity contribution in [3.63, 3.8) is 0 Å². The van der Waals surface area contributed by atoms with Crippen LogP contribution in [0.5, 0.6) is 0 Å². The molecule has 0 aliphatic heterocycles. The maximum Gasteiger partial charge on any atom is 0.220 e. The molecule has 172 valence electrons. The van der Waals surface area contributed by atoms with Gasteiger partial charge in [-0.2, -0.15) is 0 Å². The number of thiophene rings is 1. The lowest BCUT2D eigenvalue weighted by atomic mass is 10.1. The molecule has 1 N–H and O–H groups in total. The lowest BCUT2D eigenvalue weighted by molar-refractivity contribution is -0.121. The highest BCUT2D eigenvalue weighted by molar-refractivity contribution is 7.22. The minimum Gasteiger partial charge on any atom is -0.354 e. The Morgan fingerprint density at radius 1 is 1.06 bits per heavy atom. The quantitative estimate of drug-likeness (QED) is 0.279. The van der Waals surface area contributed by atoms with Crippen LogP contribution in [0, 0.1) is 6.92 Å². The van der Waals surface area contributed by atoms with Gasteiger partial charge in [0.05, 0.1) is 11.4 Å². The van der Waals surface area contributed by atoms with Crippen molar-refractivity contribution in [2.75, 3.05) is 0 Å². The van der Waals surface area contributed by atoms with Gasteiger partial charge in [-0.3, -0.25) is 4.79 Å². The number of amides is 1. The molecule has 2 aromatic carbocycles. The second-order valence-electron chi connectivity index (χ2n) is 8.94. The number of hydrogen-bond acceptors (Lipinski definition) is 3. The highest BCUT2D eigenvalue weighted by Gasteiger charge is 2.17. The van der Waals surface area contributed by atoms with Crippen molar-refractivity contribution in [2.45, 2.75) is 46.1 Å². The van der Waals surface area contributed by atoms with Gasteiger partial charge in [-0.25, -0.2) is 4.98 Å². The van der Waals surface area contributed by atoms with Crippen molar-refractivity contribution >= 4 is 33.0 Å². The molecule has 0 spiro atoms. The summed E-state index contributed by atoms with van der Waals surface area (Å²) in [6, 6.07) is 23.6. The third-order valence-corrected chi connectivity index (χ3v) is 7.53. The summed E-state index contributed by atoms with van der Waals surface area (Å²) in [5.41, 5.74) is 6.37. The largest absolute Gasteiger partial charge is 0.354 e. The van der Waals surface area contributed by atoms with Crippen LogP contribution in [0.3, 0.4) is 0 Å². The first-order valence-corrected chi connectivity index (χ1v) is 12.7. The van der Waals surface area contributed by atoms with E-state index < -0.39 is 0 Å². The highest BCUT2D eigenvalue weighted by atomic mass is 32.1. The Bertz CT molecular complexity index is 1430. The summed E-state index contributed by atoms with van der Waals surface area (Å²) in [4.78, 5) is 18.8. The van der Waals surface area contributed by atoms with Gasteiger partial charge in [-0.15, -0.1) is 11.3 Å². The van der Waals surface area contributed by atoms with E-state index in [-0.39, 0.29) is 11.9 Å². The van der Waals surface area contributed by atoms with Crippen LogP contribution in [0.1, 0.15) is 37.9 Å². The first kappa shape index (κ1) is 22.4. The molecule has 3 aromatic heterocycles. The monoisotopic (exact) mass is 467 g/mol. The van der Waals surface area contributed by atoms with Crippen LogP contribution in [0.4, 0.5) is 0 Å². The van der Waals surface area contributed by atoms with Crippen molar-refractivity contribution < 1.29 is 4.79 Å². The average Bonchev–Trinajstić information content (AvgIpc) is 3.44. The lowest BCUT2D eigenvalue weighted by Crippen LogP contribution is -2.32. The van der Waals surface area contributed by atoms with Crippen molar-refractivity contribution in [2.24, 2.45) is 0 Å². The Morgan fingerprint density at radius 2 is 1.82 bits per heavy atom. The van der Waals surface area contributed by atoms with Crippen molar-refractivity contribution in [1.82, 2.24) is 14.7 Å². The van der Waals surface area contributed by atoms with Gasteiger partial charge in [-0.05, 0) is 56.3 Å². The van der Waals surface area contributed by atoms with E-state index in [9.17, 15) is 4.79 Å². The smallest absolute Gasteiger partial charge is 0.220 e. The number of benzene rings is 2. The standard InChI is InChI=1S/C29H29N3OS/c1-4-20(3)30-28(33)16-14-24-29(21-11-9-19(2)10-12-21)31-27-15-13-23(18-32(24)27)26-17-22-7-5-6-8-25(22)34-26/h5-13,15,17-18,20H,4,14,16H2,1-3H3,(H,30,33). The number of nitrogens with zero attached hydrogens (tertiary/aromatic N) is 2. The van der Waals surface area contributed by atoms with E-state index in [4.69, 9.17) is 4.98 Å². The van der Waals surface area contributed by atoms with Gasteiger partial charge in [-0.1, -0.05) is 55.0 Å². The minimum absolute atomic E-state index is 0.0832. The molecule has 0 fully saturated rings. The summed E-state index contributed by atoms with van der Waals surface area (Å²) in [6.45, 7) is 6.21. The van der Waals surface area contributed by atoms with Crippen LogP contribution >= 0.6 is 11.3 Å². The molecule has 5 heteroatoms. The van der Waals surface area contributed by atoms with Gasteiger partial charge in [0.1, 0.15) is 5.65 Å². The predicted molar refractivity (Wildman–Crippen MR) is 142 cm³/mol. The van der Waals surface area contributed by atoms with E-state index in [0.29, 0.717) is 12.8 Å². The number of carbonyl (C=O) groups is 1. The fourth-order valence-electron chi connectivity index (χ4n) is 4.23. The topological polar surface area (TPSA) is 46.4 Å². The van der Waals surface area contributed by atoms with Gasteiger partial charge in [0.15, 0.2) is 0 Å². The predicted octanol–water partition coefficient (Wildman–Crippen LogP) is 7.04. The summed E-state index contributed by atoms with van der Waals surface area (Å²) >= 11 is 1.80. The second kappa shape index (κ2) is 9.43. The molecule has 0 radical (unpaired) electrons. The van der Waals surface area contributed by atoms with Gasteiger partial charge in [0.2, 0.25) is 5.91 Å². The SMILES string of the molecule is CCC(C)NC(=O)CCc1c(-c2ccc(C)cc2)nc2ccc(-c3cc4ccccc4s3)cn12. The fourth-order valence-corrected chi connectivity index (χ4v) is 5.28. The third-order valence-electron chi connectivity index (χ3n) is 6.36. The number of carbonyl (C=O) groups excluding carboxylic acids is 1. The number of rotatable bonds is 7. The van der Waals surface area contributed by atoms with E-state index in [1.165, 1.54) is 20.5 Å². The van der Waals surface area contributed by atoms with Crippen molar-refractivity contribution in [3.8, 4) is 21.7 Å². The molecule has 0 bridgehead atoms. The number of aromatic nitrogens is 2. The number of fused-ring (bicyclic) bond motifs is 2. The Kier molecular flexibility index (Phi) is 6.20. The molecule has 5 aromatic rings. The number of imidazole rings is 1. The van der Waals surface area contributed by atoms with Gasteiger partial charge in [0.25, 0.3) is 0 Å². The Labute approximate surface area is 204 Å². The zero-order valence-electron chi connectivity index (χ0n) is 19.8. The maximum absolute atomic E-state index is 12.6.